The molecule has 5 heterocycles. The van der Waals surface area contributed by atoms with E-state index in [0.717, 1.165) is 42.4 Å². The summed E-state index contributed by atoms with van der Waals surface area (Å²) in [7, 11) is 3.51. The largest absolute Gasteiger partial charge is 0.493 e. The van der Waals surface area contributed by atoms with Crippen LogP contribution in [-0.2, 0) is 44.3 Å². The molecule has 372 valence electrons. The monoisotopic (exact) mass is 967 g/mol. The quantitative estimate of drug-likeness (QED) is 0.0600. The maximum Gasteiger partial charge on any atom is 0.416 e. The number of aryl methyl sites for hydroxylation is 3. The molecule has 2 fully saturated rings. The molecule has 71 heavy (non-hydrogen) atoms. The molecule has 5 aromatic rings. The summed E-state index contributed by atoms with van der Waals surface area (Å²) in [6.07, 6.45) is 8.58. The summed E-state index contributed by atoms with van der Waals surface area (Å²) < 4.78 is 27.8. The lowest BCUT2D eigenvalue weighted by molar-refractivity contribution is -0.198. The van der Waals surface area contributed by atoms with Gasteiger partial charge in [-0.1, -0.05) is 36.9 Å². The molecule has 0 aliphatic carbocycles. The molecule has 0 spiro atoms. The molecule has 0 bridgehead atoms. The second-order valence-corrected chi connectivity index (χ2v) is 18.3. The Balaban J connectivity index is 0.860. The first kappa shape index (κ1) is 49.9. The molecule has 3 aliphatic heterocycles. The Labute approximate surface area is 413 Å². The molecule has 17 heteroatoms. The summed E-state index contributed by atoms with van der Waals surface area (Å²) in [5, 5.41) is 8.70. The van der Waals surface area contributed by atoms with Crippen molar-refractivity contribution in [3.63, 3.8) is 0 Å². The van der Waals surface area contributed by atoms with Gasteiger partial charge in [-0.2, -0.15) is 0 Å². The molecule has 5 amide bonds. The van der Waals surface area contributed by atoms with E-state index >= 15 is 0 Å². The third kappa shape index (κ3) is 11.9. The Morgan fingerprint density at radius 1 is 0.803 bits per heavy atom. The zero-order valence-electron chi connectivity index (χ0n) is 40.7. The van der Waals surface area contributed by atoms with Crippen LogP contribution in [0.25, 0.3) is 11.1 Å². The van der Waals surface area contributed by atoms with Crippen LogP contribution in [0.4, 0.5) is 27.5 Å². The molecular weight excluding hydrogens is 907 g/mol. The summed E-state index contributed by atoms with van der Waals surface area (Å²) in [5.41, 5.74) is 6.31. The van der Waals surface area contributed by atoms with Crippen LogP contribution in [0.3, 0.4) is 0 Å². The fraction of sp³-hybridized carbons (Fsp3) is 0.370. The average molecular weight is 968 g/mol. The number of aromatic nitrogens is 2. The van der Waals surface area contributed by atoms with Crippen molar-refractivity contribution < 1.29 is 47.7 Å². The number of fused-ring (bicyclic) bond motifs is 2. The number of hydrogen-bond donors (Lipinski definition) is 3. The number of Topliss-reactive ketones (excluding diaryl/α,β-unsaturated/α-hetero) is 1. The van der Waals surface area contributed by atoms with E-state index in [-0.39, 0.29) is 49.0 Å². The van der Waals surface area contributed by atoms with Gasteiger partial charge in [0, 0.05) is 75.5 Å². The summed E-state index contributed by atoms with van der Waals surface area (Å²) in [4.78, 5) is 82.6. The zero-order chi connectivity index (χ0) is 50.2. The van der Waals surface area contributed by atoms with Crippen LogP contribution in [0, 0.1) is 6.92 Å². The van der Waals surface area contributed by atoms with Crippen LogP contribution in [-0.4, -0.2) is 94.5 Å². The summed E-state index contributed by atoms with van der Waals surface area (Å²) in [6.45, 7) is 8.28. The molecule has 0 saturated carbocycles. The minimum Gasteiger partial charge on any atom is -0.493 e. The number of anilines is 4. The smallest absolute Gasteiger partial charge is 0.416 e. The average Bonchev–Trinajstić information content (AvgIpc) is 3.92. The van der Waals surface area contributed by atoms with Gasteiger partial charge in [-0.3, -0.25) is 24.0 Å². The molecule has 2 saturated heterocycles. The van der Waals surface area contributed by atoms with Crippen LogP contribution in [0.1, 0.15) is 101 Å². The Bertz CT molecular complexity index is 2790. The number of ketones is 1. The number of amides is 5. The molecule has 3 N–H and O–H groups in total. The second kappa shape index (κ2) is 22.5. The van der Waals surface area contributed by atoms with Crippen molar-refractivity contribution in [3.05, 3.63) is 126 Å². The van der Waals surface area contributed by atoms with Crippen molar-refractivity contribution in [1.82, 2.24) is 14.0 Å². The van der Waals surface area contributed by atoms with Gasteiger partial charge in [0.15, 0.2) is 12.5 Å². The molecule has 2 unspecified atom stereocenters. The topological polar surface area (TPSA) is 192 Å². The van der Waals surface area contributed by atoms with Gasteiger partial charge in [-0.25, -0.2) is 9.69 Å². The van der Waals surface area contributed by atoms with E-state index in [1.165, 1.54) is 17.9 Å². The summed E-state index contributed by atoms with van der Waals surface area (Å²) in [6, 6.07) is 20.9. The number of benzene rings is 3. The molecule has 17 nitrogen and oxygen atoms in total. The predicted molar refractivity (Wildman–Crippen MR) is 269 cm³/mol. The van der Waals surface area contributed by atoms with E-state index < -0.39 is 24.7 Å². The van der Waals surface area contributed by atoms with Crippen molar-refractivity contribution in [2.24, 2.45) is 14.1 Å². The number of piperidine rings is 1. The fourth-order valence-corrected chi connectivity index (χ4v) is 9.28. The van der Waals surface area contributed by atoms with Crippen molar-refractivity contribution in [2.45, 2.75) is 90.2 Å². The fourth-order valence-electron chi connectivity index (χ4n) is 9.28. The number of carbonyl (C=O) groups excluding carboxylic acids is 6. The summed E-state index contributed by atoms with van der Waals surface area (Å²) >= 11 is 0. The van der Waals surface area contributed by atoms with Crippen LogP contribution in [0.5, 0.6) is 5.75 Å². The number of carbonyl (C=O) groups is 6. The van der Waals surface area contributed by atoms with E-state index in [2.05, 4.69) is 22.5 Å². The molecule has 3 aliphatic rings. The van der Waals surface area contributed by atoms with Crippen LogP contribution in [0.15, 0.2) is 97.8 Å². The maximum absolute atomic E-state index is 14.2. The van der Waals surface area contributed by atoms with Gasteiger partial charge in [0.2, 0.25) is 5.91 Å². The van der Waals surface area contributed by atoms with Crippen molar-refractivity contribution >= 4 is 58.3 Å². The SMILES string of the molecule is C=CCOC(=O)N1c2cc(OCCCC(=O)Nc3cc(C(=O)Nc4ccc(-c5cc(C(=O)Nc6ccc(CC(C)=O)cc6)n(C)c5)cc4)n(C)c3)c(C)cc2C(=O)N2CCCC[C@H]2C1OC1CCCCO1. The van der Waals surface area contributed by atoms with Crippen LogP contribution >= 0.6 is 0 Å². The molecule has 2 aromatic heterocycles. The Morgan fingerprint density at radius 3 is 2.18 bits per heavy atom. The van der Waals surface area contributed by atoms with Crippen molar-refractivity contribution in [1.29, 1.82) is 0 Å². The lowest BCUT2D eigenvalue weighted by atomic mass is 10.00. The van der Waals surface area contributed by atoms with E-state index in [1.807, 2.05) is 42.3 Å². The second-order valence-electron chi connectivity index (χ2n) is 18.3. The lowest BCUT2D eigenvalue weighted by Crippen LogP contribution is -2.57. The number of hydrogen-bond acceptors (Lipinski definition) is 10. The molecule has 3 atom stereocenters. The lowest BCUT2D eigenvalue weighted by Gasteiger charge is -2.42. The maximum atomic E-state index is 14.2. The van der Waals surface area contributed by atoms with E-state index in [4.69, 9.17) is 18.9 Å². The normalized spacial score (nSPS) is 17.6. The van der Waals surface area contributed by atoms with Gasteiger partial charge >= 0.3 is 6.09 Å². The van der Waals surface area contributed by atoms with Crippen LogP contribution < -0.4 is 25.6 Å². The van der Waals surface area contributed by atoms with E-state index in [0.29, 0.717) is 89.8 Å². The highest BCUT2D eigenvalue weighted by Gasteiger charge is 2.46. The van der Waals surface area contributed by atoms with Gasteiger partial charge in [0.05, 0.1) is 29.6 Å². The van der Waals surface area contributed by atoms with Gasteiger partial charge in [-0.15, -0.1) is 0 Å². The number of rotatable bonds is 17. The Morgan fingerprint density at radius 2 is 1.49 bits per heavy atom. The van der Waals surface area contributed by atoms with E-state index in [1.54, 1.807) is 78.0 Å². The zero-order valence-corrected chi connectivity index (χ0v) is 40.7. The first-order valence-electron chi connectivity index (χ1n) is 24.1. The highest BCUT2D eigenvalue weighted by atomic mass is 16.7. The first-order chi connectivity index (χ1) is 34.3. The van der Waals surface area contributed by atoms with Gasteiger partial charge in [0.25, 0.3) is 17.7 Å². The van der Waals surface area contributed by atoms with Gasteiger partial charge in [0.1, 0.15) is 29.5 Å². The molecule has 3 aromatic carbocycles. The first-order valence-corrected chi connectivity index (χ1v) is 24.1. The molecule has 8 rings (SSSR count). The van der Waals surface area contributed by atoms with Gasteiger partial charge in [-0.05, 0) is 118 Å². The third-order valence-corrected chi connectivity index (χ3v) is 12.8. The molecular formula is C54H61N7O10. The summed E-state index contributed by atoms with van der Waals surface area (Å²) in [5.74, 6) is -0.604. The highest BCUT2D eigenvalue weighted by Crippen LogP contribution is 2.40. The van der Waals surface area contributed by atoms with Gasteiger partial charge < -0.3 is 48.9 Å². The minimum atomic E-state index is -0.868. The van der Waals surface area contributed by atoms with Crippen LogP contribution in [0.2, 0.25) is 0 Å². The number of ether oxygens (including phenoxy) is 4. The minimum absolute atomic E-state index is 0.0322. The van der Waals surface area contributed by atoms with E-state index in [9.17, 15) is 28.8 Å². The van der Waals surface area contributed by atoms with Crippen molar-refractivity contribution in [2.75, 3.05) is 47.2 Å². The highest BCUT2D eigenvalue weighted by molar-refractivity contribution is 6.07. The Kier molecular flexibility index (Phi) is 15.8. The van der Waals surface area contributed by atoms with Crippen molar-refractivity contribution in [3.8, 4) is 16.9 Å². The predicted octanol–water partition coefficient (Wildman–Crippen LogP) is 8.78. The Hall–Kier alpha value is -7.50. The number of nitrogens with one attached hydrogen (secondary N) is 3. The third-order valence-electron chi connectivity index (χ3n) is 12.8. The molecule has 0 radical (unpaired) electrons. The number of nitrogens with zero attached hydrogens (tertiary/aromatic N) is 4. The standard InChI is InChI=1S/C54H61N7O10/c1-6-24-70-54(67)61-44-31-47(34(2)27-42(44)52(66)60-23-9-7-12-43(60)53(61)71-49-14-8-10-25-69-49)68-26-11-13-48(63)55-41-30-46(59(5)33-41)51(65)57-40-21-17-37(18-22-40)38-29-45(58(4)32-38)50(64)56-39-19-15-36(16-20-39)28-35(3)62/h6,15-22,27,29-33,43,49,53H,1,7-14,23-26,28H2,2-5H3,(H,55,63)(H,56,64)(H,57,65)/t43-,49?,53?/m0/s1.